The maximum Gasteiger partial charge on any atom is 0.231 e. The summed E-state index contributed by atoms with van der Waals surface area (Å²) < 4.78 is 5.66. The number of hydrogen-bond donors (Lipinski definition) is 1. The standard InChI is InChI=1S/C17H16ClNO2/c1-11-8-14(18)6-7-15(11)19-17(20)13-9-12-4-2-3-5-16(12)21-10-13/h2-8,13H,9-10H2,1H3,(H,19,20)/t13-/m1/s1. The molecule has 1 N–H and O–H groups in total. The Hall–Kier alpha value is -2.00. The van der Waals surface area contributed by atoms with Gasteiger partial charge in [-0.2, -0.15) is 0 Å². The predicted octanol–water partition coefficient (Wildman–Crippen LogP) is 3.84. The third kappa shape index (κ3) is 3.03. The number of ether oxygens (including phenoxy) is 1. The van der Waals surface area contributed by atoms with Crippen molar-refractivity contribution in [2.75, 3.05) is 11.9 Å². The van der Waals surface area contributed by atoms with Crippen LogP contribution in [-0.4, -0.2) is 12.5 Å². The topological polar surface area (TPSA) is 38.3 Å². The maximum atomic E-state index is 12.4. The first kappa shape index (κ1) is 14.0. The number of rotatable bonds is 2. The van der Waals surface area contributed by atoms with E-state index in [4.69, 9.17) is 16.3 Å². The summed E-state index contributed by atoms with van der Waals surface area (Å²) in [6.07, 6.45) is 0.703. The smallest absolute Gasteiger partial charge is 0.231 e. The summed E-state index contributed by atoms with van der Waals surface area (Å²) in [5.74, 6) is 0.689. The highest BCUT2D eigenvalue weighted by molar-refractivity contribution is 6.30. The number of halogens is 1. The molecule has 0 aliphatic carbocycles. The average molecular weight is 302 g/mol. The van der Waals surface area contributed by atoms with Crippen LogP contribution in [0.5, 0.6) is 5.75 Å². The first-order valence-electron chi connectivity index (χ1n) is 6.91. The van der Waals surface area contributed by atoms with Gasteiger partial charge in [0.1, 0.15) is 12.4 Å². The van der Waals surface area contributed by atoms with Gasteiger partial charge >= 0.3 is 0 Å². The van der Waals surface area contributed by atoms with Crippen LogP contribution in [0.2, 0.25) is 5.02 Å². The van der Waals surface area contributed by atoms with Gasteiger partial charge in [-0.05, 0) is 48.7 Å². The molecule has 108 valence electrons. The molecule has 3 rings (SSSR count). The lowest BCUT2D eigenvalue weighted by Gasteiger charge is -2.24. The lowest BCUT2D eigenvalue weighted by molar-refractivity contribution is -0.121. The fourth-order valence-corrected chi connectivity index (χ4v) is 2.73. The van der Waals surface area contributed by atoms with Crippen molar-refractivity contribution in [1.82, 2.24) is 0 Å². The number of benzene rings is 2. The molecule has 4 heteroatoms. The van der Waals surface area contributed by atoms with E-state index in [0.717, 1.165) is 22.6 Å². The Bertz CT molecular complexity index is 684. The summed E-state index contributed by atoms with van der Waals surface area (Å²) in [4.78, 5) is 12.4. The highest BCUT2D eigenvalue weighted by atomic mass is 35.5. The number of fused-ring (bicyclic) bond motifs is 1. The van der Waals surface area contributed by atoms with E-state index in [-0.39, 0.29) is 11.8 Å². The van der Waals surface area contributed by atoms with Crippen molar-refractivity contribution in [3.63, 3.8) is 0 Å². The third-order valence-electron chi connectivity index (χ3n) is 3.70. The van der Waals surface area contributed by atoms with Gasteiger partial charge in [-0.3, -0.25) is 4.79 Å². The molecule has 2 aromatic rings. The van der Waals surface area contributed by atoms with Crippen LogP contribution in [0, 0.1) is 12.8 Å². The van der Waals surface area contributed by atoms with Crippen LogP contribution in [0.25, 0.3) is 0 Å². The Morgan fingerprint density at radius 2 is 2.10 bits per heavy atom. The second-order valence-corrected chi connectivity index (χ2v) is 5.70. The SMILES string of the molecule is Cc1cc(Cl)ccc1NC(=O)[C@H]1COc2ccccc2C1. The minimum Gasteiger partial charge on any atom is -0.492 e. The van der Waals surface area contributed by atoms with Gasteiger partial charge < -0.3 is 10.1 Å². The van der Waals surface area contributed by atoms with E-state index in [1.807, 2.05) is 43.3 Å². The fourth-order valence-electron chi connectivity index (χ4n) is 2.50. The zero-order chi connectivity index (χ0) is 14.8. The van der Waals surface area contributed by atoms with Crippen LogP contribution < -0.4 is 10.1 Å². The minimum atomic E-state index is -0.171. The first-order valence-corrected chi connectivity index (χ1v) is 7.29. The van der Waals surface area contributed by atoms with Gasteiger partial charge in [0.15, 0.2) is 0 Å². The van der Waals surface area contributed by atoms with Crippen molar-refractivity contribution in [2.45, 2.75) is 13.3 Å². The molecule has 0 fully saturated rings. The molecule has 0 radical (unpaired) electrons. The van der Waals surface area contributed by atoms with Crippen LogP contribution in [0.1, 0.15) is 11.1 Å². The van der Waals surface area contributed by atoms with Gasteiger partial charge in [-0.1, -0.05) is 29.8 Å². The predicted molar refractivity (Wildman–Crippen MR) is 83.9 cm³/mol. The molecule has 1 heterocycles. The van der Waals surface area contributed by atoms with Crippen molar-refractivity contribution >= 4 is 23.2 Å². The van der Waals surface area contributed by atoms with E-state index in [1.54, 1.807) is 6.07 Å². The molecule has 0 spiro atoms. The number of carbonyl (C=O) groups excluding carboxylic acids is 1. The number of para-hydroxylation sites is 1. The van der Waals surface area contributed by atoms with E-state index in [0.29, 0.717) is 18.1 Å². The van der Waals surface area contributed by atoms with Crippen molar-refractivity contribution in [3.05, 3.63) is 58.6 Å². The normalized spacial score (nSPS) is 16.8. The lowest BCUT2D eigenvalue weighted by atomic mass is 9.96. The molecule has 0 saturated carbocycles. The summed E-state index contributed by atoms with van der Waals surface area (Å²) >= 11 is 5.93. The number of nitrogens with one attached hydrogen (secondary N) is 1. The highest BCUT2D eigenvalue weighted by Gasteiger charge is 2.26. The molecule has 0 saturated heterocycles. The second kappa shape index (κ2) is 5.78. The number of amides is 1. The van der Waals surface area contributed by atoms with Gasteiger partial charge in [-0.15, -0.1) is 0 Å². The molecule has 1 aliphatic rings. The van der Waals surface area contributed by atoms with Crippen LogP contribution in [-0.2, 0) is 11.2 Å². The number of carbonyl (C=O) groups is 1. The summed E-state index contributed by atoms with van der Waals surface area (Å²) in [6, 6.07) is 13.3. The van der Waals surface area contributed by atoms with Gasteiger partial charge in [0, 0.05) is 10.7 Å². The quantitative estimate of drug-likeness (QED) is 0.915. The maximum absolute atomic E-state index is 12.4. The summed E-state index contributed by atoms with van der Waals surface area (Å²) in [5, 5.41) is 3.63. The van der Waals surface area contributed by atoms with E-state index in [9.17, 15) is 4.79 Å². The molecule has 0 unspecified atom stereocenters. The molecule has 0 bridgehead atoms. The fraction of sp³-hybridized carbons (Fsp3) is 0.235. The van der Waals surface area contributed by atoms with Crippen molar-refractivity contribution in [2.24, 2.45) is 5.92 Å². The Morgan fingerprint density at radius 1 is 1.29 bits per heavy atom. The molecule has 2 aromatic carbocycles. The zero-order valence-corrected chi connectivity index (χ0v) is 12.5. The monoisotopic (exact) mass is 301 g/mol. The molecule has 21 heavy (non-hydrogen) atoms. The van der Waals surface area contributed by atoms with E-state index < -0.39 is 0 Å². The van der Waals surface area contributed by atoms with Crippen molar-refractivity contribution in [3.8, 4) is 5.75 Å². The van der Waals surface area contributed by atoms with Crippen LogP contribution in [0.3, 0.4) is 0 Å². The largest absolute Gasteiger partial charge is 0.492 e. The zero-order valence-electron chi connectivity index (χ0n) is 11.7. The Kier molecular flexibility index (Phi) is 3.84. The van der Waals surface area contributed by atoms with Crippen molar-refractivity contribution < 1.29 is 9.53 Å². The highest BCUT2D eigenvalue weighted by Crippen LogP contribution is 2.28. The second-order valence-electron chi connectivity index (χ2n) is 5.27. The summed E-state index contributed by atoms with van der Waals surface area (Å²) in [5.41, 5.74) is 2.83. The van der Waals surface area contributed by atoms with E-state index >= 15 is 0 Å². The van der Waals surface area contributed by atoms with E-state index in [2.05, 4.69) is 5.32 Å². The molecular formula is C17H16ClNO2. The van der Waals surface area contributed by atoms with Crippen molar-refractivity contribution in [1.29, 1.82) is 0 Å². The lowest BCUT2D eigenvalue weighted by Crippen LogP contribution is -2.32. The average Bonchev–Trinajstić information content (AvgIpc) is 2.49. The minimum absolute atomic E-state index is 0.0186. The Labute approximate surface area is 128 Å². The van der Waals surface area contributed by atoms with Gasteiger partial charge in [-0.25, -0.2) is 0 Å². The molecule has 3 nitrogen and oxygen atoms in total. The molecule has 1 amide bonds. The Balaban J connectivity index is 1.72. The van der Waals surface area contributed by atoms with E-state index in [1.165, 1.54) is 0 Å². The first-order chi connectivity index (χ1) is 10.1. The molecule has 0 aromatic heterocycles. The van der Waals surface area contributed by atoms with Gasteiger partial charge in [0.05, 0.1) is 5.92 Å². The van der Waals surface area contributed by atoms with Gasteiger partial charge in [0.25, 0.3) is 0 Å². The molecule has 1 atom stereocenters. The van der Waals surface area contributed by atoms with Crippen LogP contribution in [0.4, 0.5) is 5.69 Å². The number of anilines is 1. The van der Waals surface area contributed by atoms with Gasteiger partial charge in [0.2, 0.25) is 5.91 Å². The molecule has 1 aliphatic heterocycles. The number of aryl methyl sites for hydroxylation is 1. The third-order valence-corrected chi connectivity index (χ3v) is 3.93. The Morgan fingerprint density at radius 3 is 2.90 bits per heavy atom. The van der Waals surface area contributed by atoms with Crippen LogP contribution in [0.15, 0.2) is 42.5 Å². The molecular weight excluding hydrogens is 286 g/mol. The van der Waals surface area contributed by atoms with Crippen LogP contribution >= 0.6 is 11.6 Å². The summed E-state index contributed by atoms with van der Waals surface area (Å²) in [7, 11) is 0. The summed E-state index contributed by atoms with van der Waals surface area (Å²) in [6.45, 7) is 2.34. The number of hydrogen-bond acceptors (Lipinski definition) is 2.